The summed E-state index contributed by atoms with van der Waals surface area (Å²) in [7, 11) is 0. The van der Waals surface area contributed by atoms with E-state index < -0.39 is 0 Å². The lowest BCUT2D eigenvalue weighted by molar-refractivity contribution is 0.588. The fourth-order valence-electron chi connectivity index (χ4n) is 5.25. The molecule has 4 atom stereocenters. The van der Waals surface area contributed by atoms with Crippen LogP contribution in [-0.2, 0) is 0 Å². The molecule has 0 unspecified atom stereocenters. The maximum atomic E-state index is 4.63. The minimum absolute atomic E-state index is 0.338. The normalized spacial score (nSPS) is 24.6. The summed E-state index contributed by atoms with van der Waals surface area (Å²) in [5.41, 5.74) is 6.86. The Morgan fingerprint density at radius 3 is 1.32 bits per heavy atom. The van der Waals surface area contributed by atoms with Crippen molar-refractivity contribution in [3.8, 4) is 33.6 Å². The number of benzene rings is 2. The van der Waals surface area contributed by atoms with Crippen molar-refractivity contribution in [2.45, 2.75) is 38.8 Å². The molecule has 6 nitrogen and oxygen atoms in total. The highest BCUT2D eigenvalue weighted by atomic mass is 15.0. The number of aromatic nitrogens is 4. The van der Waals surface area contributed by atoms with Crippen molar-refractivity contribution in [1.82, 2.24) is 30.6 Å². The summed E-state index contributed by atoms with van der Waals surface area (Å²) < 4.78 is 0. The first-order chi connectivity index (χ1) is 16.6. The zero-order chi connectivity index (χ0) is 23.1. The molecule has 174 valence electrons. The van der Waals surface area contributed by atoms with Crippen molar-refractivity contribution in [2.75, 3.05) is 13.1 Å². The topological polar surface area (TPSA) is 81.4 Å². The predicted octanol–water partition coefficient (Wildman–Crippen LogP) is 5.47. The third kappa shape index (κ3) is 4.19. The highest BCUT2D eigenvalue weighted by Gasteiger charge is 2.25. The van der Waals surface area contributed by atoms with E-state index in [2.05, 4.69) is 92.9 Å². The lowest BCUT2D eigenvalue weighted by Crippen LogP contribution is -2.14. The molecule has 0 saturated carbocycles. The molecular formula is C28H32N6. The smallest absolute Gasteiger partial charge is 0.123 e. The molecule has 4 N–H and O–H groups in total. The number of nitrogens with zero attached hydrogens (tertiary/aromatic N) is 2. The summed E-state index contributed by atoms with van der Waals surface area (Å²) >= 11 is 0. The highest BCUT2D eigenvalue weighted by molar-refractivity contribution is 5.71. The van der Waals surface area contributed by atoms with Crippen molar-refractivity contribution in [1.29, 1.82) is 0 Å². The zero-order valence-corrected chi connectivity index (χ0v) is 19.8. The molecule has 2 saturated heterocycles. The fourth-order valence-corrected chi connectivity index (χ4v) is 5.25. The van der Waals surface area contributed by atoms with Crippen molar-refractivity contribution >= 4 is 0 Å². The second-order valence-electron chi connectivity index (χ2n) is 10.1. The first-order valence-corrected chi connectivity index (χ1v) is 12.4. The second kappa shape index (κ2) is 8.85. The lowest BCUT2D eigenvalue weighted by Gasteiger charge is -2.07. The van der Waals surface area contributed by atoms with Gasteiger partial charge in [-0.15, -0.1) is 0 Å². The molecule has 2 aliphatic rings. The van der Waals surface area contributed by atoms with Crippen molar-refractivity contribution in [3.63, 3.8) is 0 Å². The van der Waals surface area contributed by atoms with Gasteiger partial charge in [0.1, 0.15) is 11.6 Å². The Labute approximate surface area is 200 Å². The van der Waals surface area contributed by atoms with Gasteiger partial charge in [-0.05, 0) is 60.0 Å². The van der Waals surface area contributed by atoms with Crippen LogP contribution in [0.2, 0.25) is 0 Å². The van der Waals surface area contributed by atoms with Gasteiger partial charge in [0, 0.05) is 0 Å². The average Bonchev–Trinajstić information content (AvgIpc) is 3.66. The summed E-state index contributed by atoms with van der Waals surface area (Å²) in [5.74, 6) is 3.48. The van der Waals surface area contributed by atoms with Gasteiger partial charge in [-0.2, -0.15) is 0 Å². The molecule has 0 aliphatic carbocycles. The maximum Gasteiger partial charge on any atom is 0.123 e. The molecule has 2 fully saturated rings. The van der Waals surface area contributed by atoms with Gasteiger partial charge in [0.15, 0.2) is 0 Å². The largest absolute Gasteiger partial charge is 0.341 e. The van der Waals surface area contributed by atoms with Crippen LogP contribution in [-0.4, -0.2) is 33.0 Å². The minimum atomic E-state index is 0.338. The minimum Gasteiger partial charge on any atom is -0.341 e. The summed E-state index contributed by atoms with van der Waals surface area (Å²) in [6.07, 6.45) is 6.17. The Hall–Kier alpha value is -3.22. The molecule has 0 spiro atoms. The third-order valence-electron chi connectivity index (χ3n) is 7.28. The molecule has 34 heavy (non-hydrogen) atoms. The zero-order valence-electron chi connectivity index (χ0n) is 19.8. The van der Waals surface area contributed by atoms with E-state index in [-0.39, 0.29) is 0 Å². The number of nitrogens with one attached hydrogen (secondary N) is 4. The van der Waals surface area contributed by atoms with E-state index in [4.69, 9.17) is 0 Å². The molecule has 2 aromatic carbocycles. The molecule has 4 aromatic rings. The Kier molecular flexibility index (Phi) is 5.55. The van der Waals surface area contributed by atoms with Crippen molar-refractivity contribution in [3.05, 3.63) is 72.6 Å². The van der Waals surface area contributed by atoms with Gasteiger partial charge in [0.2, 0.25) is 0 Å². The van der Waals surface area contributed by atoms with Gasteiger partial charge in [-0.3, -0.25) is 0 Å². The van der Waals surface area contributed by atoms with E-state index in [0.717, 1.165) is 60.1 Å². The van der Waals surface area contributed by atoms with Crippen LogP contribution in [0, 0.1) is 11.8 Å². The summed E-state index contributed by atoms with van der Waals surface area (Å²) in [6, 6.07) is 18.1. The van der Waals surface area contributed by atoms with E-state index in [1.54, 1.807) is 0 Å². The number of aromatic amines is 2. The van der Waals surface area contributed by atoms with Crippen LogP contribution in [0.1, 0.15) is 50.4 Å². The number of hydrogen-bond acceptors (Lipinski definition) is 4. The Balaban J connectivity index is 1.15. The van der Waals surface area contributed by atoms with Crippen LogP contribution in [0.4, 0.5) is 0 Å². The fraction of sp³-hybridized carbons (Fsp3) is 0.357. The molecular weight excluding hydrogens is 420 g/mol. The Bertz CT molecular complexity index is 1150. The number of H-pyrrole nitrogens is 2. The van der Waals surface area contributed by atoms with Crippen LogP contribution >= 0.6 is 0 Å². The molecule has 0 amide bonds. The van der Waals surface area contributed by atoms with E-state index in [1.165, 1.54) is 11.1 Å². The van der Waals surface area contributed by atoms with Crippen molar-refractivity contribution in [2.24, 2.45) is 11.8 Å². The number of hydrogen-bond donors (Lipinski definition) is 4. The van der Waals surface area contributed by atoms with E-state index in [0.29, 0.717) is 23.9 Å². The van der Waals surface area contributed by atoms with Gasteiger partial charge in [-0.25, -0.2) is 9.97 Å². The first kappa shape index (κ1) is 21.3. The van der Waals surface area contributed by atoms with E-state index >= 15 is 0 Å². The third-order valence-corrected chi connectivity index (χ3v) is 7.28. The molecule has 4 heterocycles. The Morgan fingerprint density at radius 2 is 0.971 bits per heavy atom. The standard InChI is InChI=1S/C28H32N6/c1-17-11-23(29-13-17)27-31-15-25(33-27)21-7-3-19(4-8-21)20-5-9-22(10-6-20)26-16-32-28(34-26)24-12-18(2)14-30-24/h3-10,15-18,23-24,29-30H,11-14H2,1-2H3,(H,31,33)(H,32,34)/t17-,18-,23+,24+/m1/s1. The summed E-state index contributed by atoms with van der Waals surface area (Å²) in [5, 5.41) is 7.10. The quantitative estimate of drug-likeness (QED) is 0.323. The van der Waals surface area contributed by atoms with Gasteiger partial charge >= 0.3 is 0 Å². The molecule has 6 heteroatoms. The van der Waals surface area contributed by atoms with Gasteiger partial charge in [0.05, 0.1) is 35.9 Å². The average molecular weight is 453 g/mol. The first-order valence-electron chi connectivity index (χ1n) is 12.4. The van der Waals surface area contributed by atoms with Crippen LogP contribution in [0.3, 0.4) is 0 Å². The summed E-state index contributed by atoms with van der Waals surface area (Å²) in [4.78, 5) is 16.3. The number of rotatable bonds is 5. The van der Waals surface area contributed by atoms with Gasteiger partial charge in [0.25, 0.3) is 0 Å². The van der Waals surface area contributed by atoms with Crippen LogP contribution in [0.15, 0.2) is 60.9 Å². The van der Waals surface area contributed by atoms with Gasteiger partial charge in [-0.1, -0.05) is 62.4 Å². The molecule has 2 aromatic heterocycles. The van der Waals surface area contributed by atoms with E-state index in [1.807, 2.05) is 12.4 Å². The second-order valence-corrected chi connectivity index (χ2v) is 10.1. The highest BCUT2D eigenvalue weighted by Crippen LogP contribution is 2.30. The van der Waals surface area contributed by atoms with Gasteiger partial charge < -0.3 is 20.6 Å². The molecule has 0 bridgehead atoms. The van der Waals surface area contributed by atoms with Crippen LogP contribution < -0.4 is 10.6 Å². The number of imidazole rings is 2. The maximum absolute atomic E-state index is 4.63. The SMILES string of the molecule is C[C@H]1CN[C@H](c2ncc(-c3ccc(-c4ccc(-c5cnc([C@@H]6C[C@@H](C)CN6)[nH]5)cc4)cc3)[nH]2)C1. The van der Waals surface area contributed by atoms with Crippen LogP contribution in [0.25, 0.3) is 33.6 Å². The lowest BCUT2D eigenvalue weighted by atomic mass is 10.0. The van der Waals surface area contributed by atoms with Crippen LogP contribution in [0.5, 0.6) is 0 Å². The summed E-state index contributed by atoms with van der Waals surface area (Å²) in [6.45, 7) is 6.69. The predicted molar refractivity (Wildman–Crippen MR) is 136 cm³/mol. The molecule has 0 radical (unpaired) electrons. The van der Waals surface area contributed by atoms with Crippen molar-refractivity contribution < 1.29 is 0 Å². The molecule has 2 aliphatic heterocycles. The molecule has 6 rings (SSSR count). The monoisotopic (exact) mass is 452 g/mol. The van der Waals surface area contributed by atoms with E-state index in [9.17, 15) is 0 Å². The Morgan fingerprint density at radius 1 is 0.588 bits per heavy atom.